The number of carbonyl (C=O) groups is 1. The van der Waals surface area contributed by atoms with Gasteiger partial charge in [-0.2, -0.15) is 0 Å². The third-order valence-electron chi connectivity index (χ3n) is 4.10. The molecular weight excluding hydrogens is 198 g/mol. The van der Waals surface area contributed by atoms with Crippen LogP contribution in [0.25, 0.3) is 0 Å². The largest absolute Gasteiger partial charge is 0.302 e. The molecule has 1 aliphatic carbocycles. The molecule has 94 valence electrons. The van der Waals surface area contributed by atoms with E-state index in [-0.39, 0.29) is 5.41 Å². The Morgan fingerprint density at radius 3 is 2.50 bits per heavy atom. The summed E-state index contributed by atoms with van der Waals surface area (Å²) in [5.41, 5.74) is 0.284. The topological polar surface area (TPSA) is 20.3 Å². The number of Topliss-reactive ketones (excluding diaryl/α,β-unsaturated/α-hetero) is 1. The van der Waals surface area contributed by atoms with Crippen LogP contribution >= 0.6 is 0 Å². The lowest BCUT2D eigenvalue weighted by molar-refractivity contribution is -0.125. The van der Waals surface area contributed by atoms with Gasteiger partial charge in [-0.3, -0.25) is 4.79 Å². The highest BCUT2D eigenvalue weighted by molar-refractivity contribution is 5.81. The molecule has 0 aliphatic heterocycles. The highest BCUT2D eigenvalue weighted by Gasteiger charge is 2.28. The summed E-state index contributed by atoms with van der Waals surface area (Å²) in [6.07, 6.45) is 4.24. The molecule has 0 radical (unpaired) electrons. The summed E-state index contributed by atoms with van der Waals surface area (Å²) in [6, 6.07) is 0.516. The van der Waals surface area contributed by atoms with Gasteiger partial charge in [0.1, 0.15) is 5.78 Å². The van der Waals surface area contributed by atoms with Crippen LogP contribution in [0.2, 0.25) is 0 Å². The lowest BCUT2D eigenvalue weighted by Gasteiger charge is -2.37. The second-order valence-electron chi connectivity index (χ2n) is 6.39. The quantitative estimate of drug-likeness (QED) is 0.735. The van der Waals surface area contributed by atoms with E-state index < -0.39 is 0 Å². The molecule has 0 spiro atoms. The van der Waals surface area contributed by atoms with E-state index in [1.807, 2.05) is 0 Å². The average Bonchev–Trinajstić information content (AvgIpc) is 2.19. The average molecular weight is 225 g/mol. The first-order valence-corrected chi connectivity index (χ1v) is 6.55. The fraction of sp³-hybridized carbons (Fsp3) is 0.929. The summed E-state index contributed by atoms with van der Waals surface area (Å²) >= 11 is 0. The Bertz CT molecular complexity index is 242. The lowest BCUT2D eigenvalue weighted by atomic mass is 9.84. The minimum atomic E-state index is 0.284. The van der Waals surface area contributed by atoms with Crippen molar-refractivity contribution in [2.24, 2.45) is 11.3 Å². The van der Waals surface area contributed by atoms with Gasteiger partial charge in [0.15, 0.2) is 0 Å². The highest BCUT2D eigenvalue weighted by atomic mass is 16.1. The molecule has 2 unspecified atom stereocenters. The molecule has 0 aromatic heterocycles. The maximum atomic E-state index is 11.8. The van der Waals surface area contributed by atoms with Gasteiger partial charge in [-0.25, -0.2) is 0 Å². The molecule has 2 atom stereocenters. The molecule has 0 amide bonds. The van der Waals surface area contributed by atoms with Crippen LogP contribution in [0.4, 0.5) is 0 Å². The highest BCUT2D eigenvalue weighted by Crippen LogP contribution is 2.26. The Hall–Kier alpha value is -0.370. The molecule has 1 fully saturated rings. The van der Waals surface area contributed by atoms with Crippen LogP contribution in [-0.4, -0.2) is 30.3 Å². The van der Waals surface area contributed by atoms with Crippen molar-refractivity contribution >= 4 is 5.78 Å². The maximum absolute atomic E-state index is 11.8. The van der Waals surface area contributed by atoms with E-state index in [1.165, 1.54) is 6.42 Å². The third kappa shape index (κ3) is 3.58. The summed E-state index contributed by atoms with van der Waals surface area (Å²) in [6.45, 7) is 9.98. The summed E-state index contributed by atoms with van der Waals surface area (Å²) < 4.78 is 0. The van der Waals surface area contributed by atoms with Gasteiger partial charge in [-0.05, 0) is 32.2 Å². The molecular formula is C14H27NO. The van der Waals surface area contributed by atoms with E-state index in [1.54, 1.807) is 0 Å². The van der Waals surface area contributed by atoms with Crippen molar-refractivity contribution < 1.29 is 4.79 Å². The van der Waals surface area contributed by atoms with E-state index in [0.29, 0.717) is 17.7 Å². The number of nitrogens with zero attached hydrogens (tertiary/aromatic N) is 1. The van der Waals surface area contributed by atoms with Crippen LogP contribution in [0.1, 0.15) is 53.4 Å². The van der Waals surface area contributed by atoms with Gasteiger partial charge in [0.2, 0.25) is 0 Å². The molecule has 1 rings (SSSR count). The van der Waals surface area contributed by atoms with E-state index in [0.717, 1.165) is 25.8 Å². The van der Waals surface area contributed by atoms with Crippen molar-refractivity contribution in [2.75, 3.05) is 13.6 Å². The standard InChI is InChI=1S/C14H27NO/c1-11(14(2,3)4)15(5)10-12-8-6-7-9-13(12)16/h11-12H,6-10H2,1-5H3. The summed E-state index contributed by atoms with van der Waals surface area (Å²) in [5, 5.41) is 0. The molecule has 2 heteroatoms. The molecule has 0 saturated heterocycles. The second-order valence-corrected chi connectivity index (χ2v) is 6.39. The van der Waals surface area contributed by atoms with E-state index >= 15 is 0 Å². The van der Waals surface area contributed by atoms with Gasteiger partial charge in [0.05, 0.1) is 0 Å². The SMILES string of the molecule is CC(N(C)CC1CCCCC1=O)C(C)(C)C. The first kappa shape index (κ1) is 13.7. The van der Waals surface area contributed by atoms with E-state index in [4.69, 9.17) is 0 Å². The molecule has 16 heavy (non-hydrogen) atoms. The molecule has 2 nitrogen and oxygen atoms in total. The number of hydrogen-bond acceptors (Lipinski definition) is 2. The smallest absolute Gasteiger partial charge is 0.137 e. The summed E-state index contributed by atoms with van der Waals surface area (Å²) in [5.74, 6) is 0.780. The van der Waals surface area contributed by atoms with Gasteiger partial charge in [0.25, 0.3) is 0 Å². The number of hydrogen-bond donors (Lipinski definition) is 0. The summed E-state index contributed by atoms with van der Waals surface area (Å²) in [4.78, 5) is 14.1. The number of rotatable bonds is 3. The van der Waals surface area contributed by atoms with Gasteiger partial charge in [-0.15, -0.1) is 0 Å². The van der Waals surface area contributed by atoms with Crippen molar-refractivity contribution in [3.63, 3.8) is 0 Å². The van der Waals surface area contributed by atoms with Gasteiger partial charge in [-0.1, -0.05) is 27.2 Å². The van der Waals surface area contributed by atoms with Crippen LogP contribution in [0.15, 0.2) is 0 Å². The Labute approximate surface area is 100 Å². The molecule has 0 aromatic carbocycles. The fourth-order valence-corrected chi connectivity index (χ4v) is 2.42. The van der Waals surface area contributed by atoms with Crippen molar-refractivity contribution in [3.05, 3.63) is 0 Å². The van der Waals surface area contributed by atoms with E-state index in [9.17, 15) is 4.79 Å². The zero-order chi connectivity index (χ0) is 12.3. The Morgan fingerprint density at radius 2 is 2.00 bits per heavy atom. The van der Waals surface area contributed by atoms with Crippen LogP contribution in [0.3, 0.4) is 0 Å². The van der Waals surface area contributed by atoms with Crippen LogP contribution in [-0.2, 0) is 4.79 Å². The normalized spacial score (nSPS) is 24.9. The van der Waals surface area contributed by atoms with Gasteiger partial charge >= 0.3 is 0 Å². The first-order valence-electron chi connectivity index (χ1n) is 6.55. The van der Waals surface area contributed by atoms with Crippen molar-refractivity contribution in [1.82, 2.24) is 4.90 Å². The third-order valence-corrected chi connectivity index (χ3v) is 4.10. The molecule has 1 aliphatic rings. The van der Waals surface area contributed by atoms with Crippen molar-refractivity contribution in [1.29, 1.82) is 0 Å². The Morgan fingerprint density at radius 1 is 1.38 bits per heavy atom. The van der Waals surface area contributed by atoms with Crippen molar-refractivity contribution in [2.45, 2.75) is 59.4 Å². The van der Waals surface area contributed by atoms with Gasteiger partial charge < -0.3 is 4.90 Å². The second kappa shape index (κ2) is 5.31. The minimum Gasteiger partial charge on any atom is -0.302 e. The first-order chi connectivity index (χ1) is 7.32. The predicted molar refractivity (Wildman–Crippen MR) is 68.5 cm³/mol. The zero-order valence-corrected chi connectivity index (χ0v) is 11.5. The Kier molecular flexibility index (Phi) is 4.54. The number of carbonyl (C=O) groups excluding carboxylic acids is 1. The molecule has 0 N–H and O–H groups in total. The maximum Gasteiger partial charge on any atom is 0.137 e. The monoisotopic (exact) mass is 225 g/mol. The summed E-state index contributed by atoms with van der Waals surface area (Å²) in [7, 11) is 2.15. The van der Waals surface area contributed by atoms with Crippen LogP contribution in [0.5, 0.6) is 0 Å². The Balaban J connectivity index is 2.50. The van der Waals surface area contributed by atoms with Gasteiger partial charge in [0, 0.05) is 24.9 Å². The minimum absolute atomic E-state index is 0.284. The van der Waals surface area contributed by atoms with Crippen LogP contribution < -0.4 is 0 Å². The van der Waals surface area contributed by atoms with Crippen molar-refractivity contribution in [3.8, 4) is 0 Å². The zero-order valence-electron chi connectivity index (χ0n) is 11.5. The molecule has 1 saturated carbocycles. The molecule has 0 aromatic rings. The molecule has 0 bridgehead atoms. The fourth-order valence-electron chi connectivity index (χ4n) is 2.42. The van der Waals surface area contributed by atoms with Crippen LogP contribution in [0, 0.1) is 11.3 Å². The lowest BCUT2D eigenvalue weighted by Crippen LogP contribution is -2.43. The molecule has 0 heterocycles. The predicted octanol–water partition coefficient (Wildman–Crippen LogP) is 3.11. The number of ketones is 1. The van der Waals surface area contributed by atoms with E-state index in [2.05, 4.69) is 39.6 Å².